The molecule has 0 aliphatic rings. The number of rotatable bonds is 13. The predicted octanol–water partition coefficient (Wildman–Crippen LogP) is 4.78. The van der Waals surface area contributed by atoms with Gasteiger partial charge in [-0.15, -0.1) is 6.58 Å². The van der Waals surface area contributed by atoms with Crippen molar-refractivity contribution in [3.05, 3.63) is 42.5 Å². The van der Waals surface area contributed by atoms with Crippen molar-refractivity contribution in [2.75, 3.05) is 19.8 Å². The van der Waals surface area contributed by atoms with Gasteiger partial charge in [-0.2, -0.15) is 0 Å². The molecule has 0 aromatic heterocycles. The number of benzene rings is 1. The average molecular weight is 334 g/mol. The van der Waals surface area contributed by atoms with Crippen LogP contribution in [-0.4, -0.2) is 31.9 Å². The first kappa shape index (κ1) is 20.2. The first-order valence-electron chi connectivity index (χ1n) is 8.83. The van der Waals surface area contributed by atoms with Gasteiger partial charge in [-0.05, 0) is 37.6 Å². The predicted molar refractivity (Wildman–Crippen MR) is 96.6 cm³/mol. The van der Waals surface area contributed by atoms with Gasteiger partial charge >= 0.3 is 5.97 Å². The van der Waals surface area contributed by atoms with Crippen molar-refractivity contribution in [1.82, 2.24) is 0 Å². The van der Waals surface area contributed by atoms with Crippen molar-refractivity contribution in [3.8, 4) is 5.75 Å². The molecule has 0 fully saturated rings. The van der Waals surface area contributed by atoms with Crippen LogP contribution >= 0.6 is 0 Å². The van der Waals surface area contributed by atoms with Crippen molar-refractivity contribution in [1.29, 1.82) is 0 Å². The third kappa shape index (κ3) is 8.16. The van der Waals surface area contributed by atoms with E-state index in [1.165, 1.54) is 19.3 Å². The summed E-state index contributed by atoms with van der Waals surface area (Å²) >= 11 is 0. The number of hydrogen-bond acceptors (Lipinski definition) is 4. The molecule has 1 aromatic rings. The highest BCUT2D eigenvalue weighted by Gasteiger charge is 2.11. The van der Waals surface area contributed by atoms with Gasteiger partial charge in [-0.3, -0.25) is 0 Å². The van der Waals surface area contributed by atoms with Gasteiger partial charge < -0.3 is 14.2 Å². The van der Waals surface area contributed by atoms with E-state index in [1.54, 1.807) is 37.3 Å². The summed E-state index contributed by atoms with van der Waals surface area (Å²) in [6, 6.07) is 7.00. The Morgan fingerprint density at radius 3 is 2.54 bits per heavy atom. The van der Waals surface area contributed by atoms with Crippen molar-refractivity contribution < 1.29 is 19.0 Å². The van der Waals surface area contributed by atoms with Gasteiger partial charge in [0.15, 0.2) is 0 Å². The van der Waals surface area contributed by atoms with Gasteiger partial charge in [-0.25, -0.2) is 4.79 Å². The molecule has 0 spiro atoms. The highest BCUT2D eigenvalue weighted by Crippen LogP contribution is 2.15. The van der Waals surface area contributed by atoms with Crippen LogP contribution in [0.5, 0.6) is 5.75 Å². The van der Waals surface area contributed by atoms with Gasteiger partial charge in [0.1, 0.15) is 12.4 Å². The lowest BCUT2D eigenvalue weighted by molar-refractivity contribution is 0.0294. The second-order valence-electron chi connectivity index (χ2n) is 5.65. The quantitative estimate of drug-likeness (QED) is 0.296. The van der Waals surface area contributed by atoms with E-state index < -0.39 is 0 Å². The van der Waals surface area contributed by atoms with E-state index in [2.05, 4.69) is 13.5 Å². The van der Waals surface area contributed by atoms with E-state index in [0.717, 1.165) is 18.6 Å². The zero-order valence-corrected chi connectivity index (χ0v) is 15.0. The Bertz CT molecular complexity index is 467. The topological polar surface area (TPSA) is 44.8 Å². The molecule has 0 radical (unpaired) electrons. The number of carbonyl (C=O) groups is 1. The Kier molecular flexibility index (Phi) is 10.6. The van der Waals surface area contributed by atoms with Gasteiger partial charge in [0.2, 0.25) is 0 Å². The third-order valence-corrected chi connectivity index (χ3v) is 3.63. The van der Waals surface area contributed by atoms with E-state index in [1.807, 2.05) is 0 Å². The first-order valence-corrected chi connectivity index (χ1v) is 8.83. The van der Waals surface area contributed by atoms with Crippen molar-refractivity contribution in [3.63, 3.8) is 0 Å². The summed E-state index contributed by atoms with van der Waals surface area (Å²) in [4.78, 5) is 11.6. The molecule has 0 aliphatic carbocycles. The molecule has 1 aromatic carbocycles. The van der Waals surface area contributed by atoms with Crippen LogP contribution < -0.4 is 4.74 Å². The second kappa shape index (κ2) is 12.6. The van der Waals surface area contributed by atoms with E-state index >= 15 is 0 Å². The third-order valence-electron chi connectivity index (χ3n) is 3.63. The van der Waals surface area contributed by atoms with Crippen LogP contribution in [0.1, 0.15) is 56.3 Å². The smallest absolute Gasteiger partial charge is 0.338 e. The number of unbranched alkanes of at least 4 members (excludes halogenated alkanes) is 3. The van der Waals surface area contributed by atoms with Gasteiger partial charge in [0.05, 0.1) is 24.9 Å². The zero-order valence-electron chi connectivity index (χ0n) is 15.0. The number of ether oxygens (including phenoxy) is 3. The van der Waals surface area contributed by atoms with Crippen LogP contribution in [0.3, 0.4) is 0 Å². The normalized spacial score (nSPS) is 11.8. The van der Waals surface area contributed by atoms with Crippen LogP contribution in [0.4, 0.5) is 0 Å². The molecule has 1 atom stereocenters. The van der Waals surface area contributed by atoms with Crippen molar-refractivity contribution in [2.45, 2.75) is 52.1 Å². The lowest BCUT2D eigenvalue weighted by Gasteiger charge is -2.18. The van der Waals surface area contributed by atoms with Crippen molar-refractivity contribution in [2.24, 2.45) is 0 Å². The first-order chi connectivity index (χ1) is 11.7. The van der Waals surface area contributed by atoms with E-state index in [0.29, 0.717) is 25.4 Å². The monoisotopic (exact) mass is 334 g/mol. The summed E-state index contributed by atoms with van der Waals surface area (Å²) in [6.07, 6.45) is 7.64. The minimum atomic E-state index is -0.313. The summed E-state index contributed by atoms with van der Waals surface area (Å²) in [6.45, 7) is 9.09. The minimum absolute atomic E-state index is 0.0598. The van der Waals surface area contributed by atoms with E-state index in [-0.39, 0.29) is 12.1 Å². The maximum atomic E-state index is 11.6. The Labute approximate surface area is 145 Å². The summed E-state index contributed by atoms with van der Waals surface area (Å²) in [5.41, 5.74) is 0.531. The molecule has 1 unspecified atom stereocenters. The summed E-state index contributed by atoms with van der Waals surface area (Å²) < 4.78 is 16.5. The fourth-order valence-corrected chi connectivity index (χ4v) is 2.31. The molecule has 0 N–H and O–H groups in total. The Balaban J connectivity index is 2.46. The number of esters is 1. The van der Waals surface area contributed by atoms with Crippen LogP contribution in [0.25, 0.3) is 0 Å². The maximum absolute atomic E-state index is 11.6. The highest BCUT2D eigenvalue weighted by atomic mass is 16.5. The standard InChI is InChI=1S/C20H30O4/c1-4-7-8-9-10-19(23-15-5-2)16-24-18-13-11-17(12-14-18)20(21)22-6-3/h5,11-14,19H,2,4,6-10,15-16H2,1,3H3. The molecule has 24 heavy (non-hydrogen) atoms. The minimum Gasteiger partial charge on any atom is -0.491 e. The van der Waals surface area contributed by atoms with E-state index in [9.17, 15) is 4.79 Å². The molecule has 4 heteroatoms. The highest BCUT2D eigenvalue weighted by molar-refractivity contribution is 5.89. The number of hydrogen-bond donors (Lipinski definition) is 0. The molecule has 0 heterocycles. The molecule has 0 bridgehead atoms. The largest absolute Gasteiger partial charge is 0.491 e. The van der Waals surface area contributed by atoms with Gasteiger partial charge in [0.25, 0.3) is 0 Å². The molecular weight excluding hydrogens is 304 g/mol. The molecule has 0 saturated carbocycles. The van der Waals surface area contributed by atoms with Gasteiger partial charge in [-0.1, -0.05) is 38.7 Å². The van der Waals surface area contributed by atoms with Crippen LogP contribution in [0.2, 0.25) is 0 Å². The van der Waals surface area contributed by atoms with Crippen molar-refractivity contribution >= 4 is 5.97 Å². The Hall–Kier alpha value is -1.81. The molecule has 0 saturated heterocycles. The number of carbonyl (C=O) groups excluding carboxylic acids is 1. The summed E-state index contributed by atoms with van der Waals surface area (Å²) in [5, 5.41) is 0. The molecule has 0 amide bonds. The SMILES string of the molecule is C=CCOC(CCCCCC)COc1ccc(C(=O)OCC)cc1. The Morgan fingerprint density at radius 2 is 1.92 bits per heavy atom. The molecule has 1 rings (SSSR count). The van der Waals surface area contributed by atoms with E-state index in [4.69, 9.17) is 14.2 Å². The molecular formula is C20H30O4. The fraction of sp³-hybridized carbons (Fsp3) is 0.550. The second-order valence-corrected chi connectivity index (χ2v) is 5.65. The van der Waals surface area contributed by atoms with Crippen LogP contribution in [0.15, 0.2) is 36.9 Å². The lowest BCUT2D eigenvalue weighted by atomic mass is 10.1. The molecule has 4 nitrogen and oxygen atoms in total. The Morgan fingerprint density at radius 1 is 1.17 bits per heavy atom. The fourth-order valence-electron chi connectivity index (χ4n) is 2.31. The lowest BCUT2D eigenvalue weighted by Crippen LogP contribution is -2.22. The van der Waals surface area contributed by atoms with Crippen LogP contribution in [-0.2, 0) is 9.47 Å². The average Bonchev–Trinajstić information content (AvgIpc) is 2.61. The summed E-state index contributed by atoms with van der Waals surface area (Å²) in [5.74, 6) is 0.413. The maximum Gasteiger partial charge on any atom is 0.338 e. The van der Waals surface area contributed by atoms with Gasteiger partial charge in [0, 0.05) is 0 Å². The van der Waals surface area contributed by atoms with Crippen LogP contribution in [0, 0.1) is 0 Å². The zero-order chi connectivity index (χ0) is 17.6. The molecule has 0 aliphatic heterocycles. The summed E-state index contributed by atoms with van der Waals surface area (Å²) in [7, 11) is 0. The molecule has 134 valence electrons.